The molecule has 2 heterocycles. The second kappa shape index (κ2) is 6.69. The van der Waals surface area contributed by atoms with Crippen LogP contribution in [0.15, 0.2) is 27.9 Å². The first kappa shape index (κ1) is 16.2. The standard InChI is InChI=1S/C13H19N3O3S2/c1-10-11(8-16(2)15-10)6-14-7-12(17)9-21(18,19)13-4-3-5-20-13/h3-5,8,12,14,17H,6-7,9H2,1-2H3. The molecule has 1 unspecified atom stereocenters. The Kier molecular flexibility index (Phi) is 5.15. The number of hydrogen-bond acceptors (Lipinski definition) is 6. The average Bonchev–Trinajstić information content (AvgIpc) is 2.99. The monoisotopic (exact) mass is 329 g/mol. The zero-order chi connectivity index (χ0) is 15.5. The van der Waals surface area contributed by atoms with Gasteiger partial charge in [0.2, 0.25) is 0 Å². The maximum absolute atomic E-state index is 12.0. The quantitative estimate of drug-likeness (QED) is 0.782. The third-order valence-corrected chi connectivity index (χ3v) is 6.31. The van der Waals surface area contributed by atoms with E-state index in [1.54, 1.807) is 22.2 Å². The molecule has 2 aromatic rings. The van der Waals surface area contributed by atoms with E-state index >= 15 is 0 Å². The Bertz CT molecular complexity index is 678. The Balaban J connectivity index is 1.83. The van der Waals surface area contributed by atoms with Crippen molar-refractivity contribution >= 4 is 21.2 Å². The summed E-state index contributed by atoms with van der Waals surface area (Å²) in [5.74, 6) is -0.271. The summed E-state index contributed by atoms with van der Waals surface area (Å²) in [6.45, 7) is 2.68. The van der Waals surface area contributed by atoms with E-state index in [0.29, 0.717) is 10.8 Å². The fourth-order valence-corrected chi connectivity index (χ4v) is 4.51. The largest absolute Gasteiger partial charge is 0.391 e. The highest BCUT2D eigenvalue weighted by Gasteiger charge is 2.20. The summed E-state index contributed by atoms with van der Waals surface area (Å²) in [6.07, 6.45) is 0.964. The lowest BCUT2D eigenvalue weighted by Crippen LogP contribution is -2.32. The van der Waals surface area contributed by atoms with Gasteiger partial charge in [0, 0.05) is 31.9 Å². The van der Waals surface area contributed by atoms with Gasteiger partial charge in [-0.15, -0.1) is 11.3 Å². The molecule has 21 heavy (non-hydrogen) atoms. The molecule has 8 heteroatoms. The van der Waals surface area contributed by atoms with E-state index in [1.807, 2.05) is 20.2 Å². The number of hydrogen-bond donors (Lipinski definition) is 2. The van der Waals surface area contributed by atoms with Gasteiger partial charge in [0.05, 0.1) is 17.6 Å². The molecule has 0 radical (unpaired) electrons. The molecule has 6 nitrogen and oxygen atoms in total. The van der Waals surface area contributed by atoms with Crippen LogP contribution in [0.4, 0.5) is 0 Å². The number of aliphatic hydroxyl groups excluding tert-OH is 1. The van der Waals surface area contributed by atoms with Gasteiger partial charge < -0.3 is 10.4 Å². The van der Waals surface area contributed by atoms with Gasteiger partial charge in [-0.05, 0) is 18.4 Å². The van der Waals surface area contributed by atoms with Crippen molar-refractivity contribution in [1.82, 2.24) is 15.1 Å². The van der Waals surface area contributed by atoms with Crippen molar-refractivity contribution in [2.45, 2.75) is 23.8 Å². The van der Waals surface area contributed by atoms with Crippen molar-refractivity contribution < 1.29 is 13.5 Å². The lowest BCUT2D eigenvalue weighted by Gasteiger charge is -2.11. The number of nitrogens with one attached hydrogen (secondary N) is 1. The van der Waals surface area contributed by atoms with Crippen molar-refractivity contribution in [1.29, 1.82) is 0 Å². The third-order valence-electron chi connectivity index (χ3n) is 3.02. The number of sulfone groups is 1. The van der Waals surface area contributed by atoms with Crippen molar-refractivity contribution in [2.24, 2.45) is 7.05 Å². The molecule has 0 aliphatic heterocycles. The van der Waals surface area contributed by atoms with Crippen molar-refractivity contribution in [3.8, 4) is 0 Å². The van der Waals surface area contributed by atoms with Crippen LogP contribution >= 0.6 is 11.3 Å². The van der Waals surface area contributed by atoms with Crippen molar-refractivity contribution in [2.75, 3.05) is 12.3 Å². The zero-order valence-electron chi connectivity index (χ0n) is 12.0. The summed E-state index contributed by atoms with van der Waals surface area (Å²) in [7, 11) is -1.56. The molecule has 2 N–H and O–H groups in total. The highest BCUT2D eigenvalue weighted by molar-refractivity contribution is 7.93. The van der Waals surface area contributed by atoms with Crippen molar-refractivity contribution in [3.05, 3.63) is 35.0 Å². The number of aliphatic hydroxyl groups is 1. The molecule has 0 fully saturated rings. The van der Waals surface area contributed by atoms with Crippen LogP contribution in [0, 0.1) is 6.92 Å². The molecule has 0 bridgehead atoms. The number of aryl methyl sites for hydroxylation is 2. The molecule has 0 saturated heterocycles. The van der Waals surface area contributed by atoms with Crippen LogP contribution in [-0.2, 0) is 23.4 Å². The lowest BCUT2D eigenvalue weighted by atomic mass is 10.2. The number of aromatic nitrogens is 2. The van der Waals surface area contributed by atoms with Crippen LogP contribution in [0.2, 0.25) is 0 Å². The molecular weight excluding hydrogens is 310 g/mol. The first-order chi connectivity index (χ1) is 9.88. The van der Waals surface area contributed by atoms with E-state index < -0.39 is 15.9 Å². The van der Waals surface area contributed by atoms with Gasteiger partial charge in [0.1, 0.15) is 4.21 Å². The Morgan fingerprint density at radius 3 is 2.86 bits per heavy atom. The molecule has 1 atom stereocenters. The third kappa shape index (κ3) is 4.37. The molecule has 2 aromatic heterocycles. The molecule has 116 valence electrons. The van der Waals surface area contributed by atoms with Gasteiger partial charge in [-0.3, -0.25) is 4.68 Å². The molecule has 0 aromatic carbocycles. The fourth-order valence-electron chi connectivity index (χ4n) is 2.03. The molecule has 2 rings (SSSR count). The van der Waals surface area contributed by atoms with Crippen LogP contribution in [0.25, 0.3) is 0 Å². The summed E-state index contributed by atoms with van der Waals surface area (Å²) in [5, 5.41) is 18.9. The molecule has 0 aliphatic carbocycles. The molecule has 0 aliphatic rings. The summed E-state index contributed by atoms with van der Waals surface area (Å²) in [5.41, 5.74) is 1.96. The normalized spacial score (nSPS) is 13.5. The SMILES string of the molecule is Cc1nn(C)cc1CNCC(O)CS(=O)(=O)c1cccs1. The van der Waals surface area contributed by atoms with Gasteiger partial charge in [-0.1, -0.05) is 6.07 Å². The van der Waals surface area contributed by atoms with Crippen molar-refractivity contribution in [3.63, 3.8) is 0 Å². The molecule has 0 spiro atoms. The Hall–Kier alpha value is -1.22. The fraction of sp³-hybridized carbons (Fsp3) is 0.462. The van der Waals surface area contributed by atoms with Gasteiger partial charge >= 0.3 is 0 Å². The smallest absolute Gasteiger partial charge is 0.190 e. The minimum Gasteiger partial charge on any atom is -0.391 e. The minimum atomic E-state index is -3.40. The van der Waals surface area contributed by atoms with Gasteiger partial charge in [0.15, 0.2) is 9.84 Å². The van der Waals surface area contributed by atoms with E-state index in [9.17, 15) is 13.5 Å². The van der Waals surface area contributed by atoms with Crippen LogP contribution in [0.3, 0.4) is 0 Å². The molecular formula is C13H19N3O3S2. The van der Waals surface area contributed by atoms with Crippen LogP contribution in [0.1, 0.15) is 11.3 Å². The second-order valence-electron chi connectivity index (χ2n) is 4.91. The Morgan fingerprint density at radius 1 is 1.52 bits per heavy atom. The predicted octanol–water partition coefficient (Wildman–Crippen LogP) is 0.714. The van der Waals surface area contributed by atoms with E-state index in [4.69, 9.17) is 0 Å². The zero-order valence-corrected chi connectivity index (χ0v) is 13.6. The molecule has 0 amide bonds. The van der Waals surface area contributed by atoms with E-state index in [1.165, 1.54) is 11.3 Å². The van der Waals surface area contributed by atoms with Crippen LogP contribution < -0.4 is 5.32 Å². The summed E-state index contributed by atoms with van der Waals surface area (Å²) in [4.78, 5) is 0. The van der Waals surface area contributed by atoms with Crippen LogP contribution in [0.5, 0.6) is 0 Å². The number of nitrogens with zero attached hydrogens (tertiary/aromatic N) is 2. The second-order valence-corrected chi connectivity index (χ2v) is 8.12. The van der Waals surface area contributed by atoms with Gasteiger partial charge in [0.25, 0.3) is 0 Å². The maximum atomic E-state index is 12.0. The van der Waals surface area contributed by atoms with E-state index in [2.05, 4.69) is 10.4 Å². The Morgan fingerprint density at radius 2 is 2.29 bits per heavy atom. The highest BCUT2D eigenvalue weighted by Crippen LogP contribution is 2.18. The van der Waals surface area contributed by atoms with E-state index in [0.717, 1.165) is 11.3 Å². The molecule has 0 saturated carbocycles. The first-order valence-corrected chi connectivity index (χ1v) is 9.06. The highest BCUT2D eigenvalue weighted by atomic mass is 32.2. The van der Waals surface area contributed by atoms with E-state index in [-0.39, 0.29) is 12.3 Å². The van der Waals surface area contributed by atoms with Gasteiger partial charge in [-0.2, -0.15) is 5.10 Å². The topological polar surface area (TPSA) is 84.2 Å². The summed E-state index contributed by atoms with van der Waals surface area (Å²) < 4.78 is 26.0. The van der Waals surface area contributed by atoms with Gasteiger partial charge in [-0.25, -0.2) is 8.42 Å². The summed E-state index contributed by atoms with van der Waals surface area (Å²) in [6, 6.07) is 3.24. The van der Waals surface area contributed by atoms with Crippen LogP contribution in [-0.4, -0.2) is 41.7 Å². The Labute approximate surface area is 128 Å². The predicted molar refractivity (Wildman–Crippen MR) is 82.0 cm³/mol. The average molecular weight is 329 g/mol. The summed E-state index contributed by atoms with van der Waals surface area (Å²) >= 11 is 1.17. The lowest BCUT2D eigenvalue weighted by molar-refractivity contribution is 0.193. The first-order valence-electron chi connectivity index (χ1n) is 6.52. The minimum absolute atomic E-state index is 0.221. The maximum Gasteiger partial charge on any atom is 0.190 e. The number of rotatable bonds is 7. The number of thiophene rings is 1.